The minimum atomic E-state index is 0.561. The summed E-state index contributed by atoms with van der Waals surface area (Å²) in [4.78, 5) is 2.52. The first-order chi connectivity index (χ1) is 21.1. The summed E-state index contributed by atoms with van der Waals surface area (Å²) in [7, 11) is 0. The molecule has 4 nitrogen and oxygen atoms in total. The van der Waals surface area contributed by atoms with Gasteiger partial charge in [0.1, 0.15) is 0 Å². The topological polar surface area (TPSA) is 53.3 Å². The predicted molar refractivity (Wildman–Crippen MR) is 185 cm³/mol. The predicted octanol–water partition coefficient (Wildman–Crippen LogP) is 7.71. The highest BCUT2D eigenvalue weighted by molar-refractivity contribution is 5.48. The van der Waals surface area contributed by atoms with Crippen molar-refractivity contribution in [3.05, 3.63) is 101 Å². The summed E-state index contributed by atoms with van der Waals surface area (Å²) in [6.45, 7) is 12.2. The highest BCUT2D eigenvalue weighted by Gasteiger charge is 2.19. The van der Waals surface area contributed by atoms with Crippen LogP contribution in [0.1, 0.15) is 110 Å². The van der Waals surface area contributed by atoms with Gasteiger partial charge in [0.15, 0.2) is 0 Å². The molecule has 3 aromatic carbocycles. The summed E-state index contributed by atoms with van der Waals surface area (Å²) in [5, 5.41) is 6.98. The van der Waals surface area contributed by atoms with Crippen molar-refractivity contribution in [1.29, 1.82) is 0 Å². The first-order valence-electron chi connectivity index (χ1n) is 17.3. The Morgan fingerprint density at radius 1 is 0.674 bits per heavy atom. The maximum atomic E-state index is 5.72. The molecule has 3 aromatic rings. The van der Waals surface area contributed by atoms with Crippen LogP contribution in [0, 0.1) is 0 Å². The SMILES string of the molecule is CC(CCC(CCC(C)c1ccc(C2CCNCC2)cc1)c1ccc(N2CCNCC2)cc1)c1ccc(CCCN)cc1. The van der Waals surface area contributed by atoms with Crippen LogP contribution in [0.4, 0.5) is 5.69 Å². The van der Waals surface area contributed by atoms with Gasteiger partial charge in [0.25, 0.3) is 0 Å². The molecule has 3 unspecified atom stereocenters. The monoisotopic (exact) mass is 580 g/mol. The van der Waals surface area contributed by atoms with Crippen molar-refractivity contribution in [2.75, 3.05) is 50.7 Å². The second-order valence-corrected chi connectivity index (χ2v) is 13.3. The Labute approximate surface area is 261 Å². The van der Waals surface area contributed by atoms with Gasteiger partial charge in [-0.05, 0) is 135 Å². The number of anilines is 1. The molecule has 2 aliphatic heterocycles. The molecule has 0 aliphatic carbocycles. The molecule has 0 aromatic heterocycles. The average molecular weight is 581 g/mol. The number of nitrogens with zero attached hydrogens (tertiary/aromatic N) is 1. The number of aryl methyl sites for hydroxylation is 1. The zero-order valence-electron chi connectivity index (χ0n) is 26.9. The van der Waals surface area contributed by atoms with Gasteiger partial charge < -0.3 is 21.3 Å². The quantitative estimate of drug-likeness (QED) is 0.183. The fraction of sp³-hybridized carbons (Fsp3) is 0.538. The van der Waals surface area contributed by atoms with Gasteiger partial charge >= 0.3 is 0 Å². The Morgan fingerprint density at radius 3 is 1.79 bits per heavy atom. The number of hydrogen-bond acceptors (Lipinski definition) is 4. The van der Waals surface area contributed by atoms with E-state index in [-0.39, 0.29) is 0 Å². The van der Waals surface area contributed by atoms with Crippen molar-refractivity contribution in [1.82, 2.24) is 10.6 Å². The normalized spacial score (nSPS) is 18.3. The number of benzene rings is 3. The number of nitrogens with one attached hydrogen (secondary N) is 2. The van der Waals surface area contributed by atoms with Crippen LogP contribution in [-0.2, 0) is 6.42 Å². The third-order valence-electron chi connectivity index (χ3n) is 10.3. The van der Waals surface area contributed by atoms with Crippen molar-refractivity contribution in [2.24, 2.45) is 5.73 Å². The number of hydrogen-bond donors (Lipinski definition) is 3. The fourth-order valence-corrected chi connectivity index (χ4v) is 7.16. The van der Waals surface area contributed by atoms with Crippen molar-refractivity contribution < 1.29 is 0 Å². The Kier molecular flexibility index (Phi) is 12.1. The zero-order chi connectivity index (χ0) is 29.9. The smallest absolute Gasteiger partial charge is 0.0367 e. The van der Waals surface area contributed by atoms with Crippen LogP contribution < -0.4 is 21.3 Å². The number of nitrogens with two attached hydrogens (primary N) is 1. The molecule has 232 valence electrons. The molecular weight excluding hydrogens is 524 g/mol. The summed E-state index contributed by atoms with van der Waals surface area (Å²) in [6, 6.07) is 28.6. The average Bonchev–Trinajstić information content (AvgIpc) is 3.08. The van der Waals surface area contributed by atoms with E-state index in [9.17, 15) is 0 Å². The number of piperidine rings is 1. The van der Waals surface area contributed by atoms with Crippen molar-refractivity contribution in [3.63, 3.8) is 0 Å². The van der Waals surface area contributed by atoms with E-state index >= 15 is 0 Å². The number of rotatable bonds is 14. The first-order valence-corrected chi connectivity index (χ1v) is 17.3. The van der Waals surface area contributed by atoms with Crippen molar-refractivity contribution in [3.8, 4) is 0 Å². The van der Waals surface area contributed by atoms with Gasteiger partial charge in [-0.15, -0.1) is 0 Å². The molecule has 0 bridgehead atoms. The number of piperazine rings is 1. The van der Waals surface area contributed by atoms with Crippen molar-refractivity contribution in [2.45, 2.75) is 88.9 Å². The van der Waals surface area contributed by atoms with E-state index in [1.165, 1.54) is 72.0 Å². The minimum Gasteiger partial charge on any atom is -0.369 e. The molecule has 0 radical (unpaired) electrons. The molecule has 0 amide bonds. The third kappa shape index (κ3) is 9.17. The molecule has 2 aliphatic rings. The molecule has 2 saturated heterocycles. The van der Waals surface area contributed by atoms with Crippen LogP contribution in [0.3, 0.4) is 0 Å². The summed E-state index contributed by atoms with van der Waals surface area (Å²) in [6.07, 6.45) is 9.56. The fourth-order valence-electron chi connectivity index (χ4n) is 7.16. The maximum absolute atomic E-state index is 5.72. The molecule has 2 fully saturated rings. The Balaban J connectivity index is 1.23. The van der Waals surface area contributed by atoms with Gasteiger partial charge in [0.05, 0.1) is 0 Å². The van der Waals surface area contributed by atoms with Gasteiger partial charge in [0.2, 0.25) is 0 Å². The van der Waals surface area contributed by atoms with Gasteiger partial charge in [-0.25, -0.2) is 0 Å². The van der Waals surface area contributed by atoms with Gasteiger partial charge in [0, 0.05) is 31.9 Å². The third-order valence-corrected chi connectivity index (χ3v) is 10.3. The molecule has 5 rings (SSSR count). The lowest BCUT2D eigenvalue weighted by Crippen LogP contribution is -2.43. The molecule has 4 heteroatoms. The van der Waals surface area contributed by atoms with Crippen molar-refractivity contribution >= 4 is 5.69 Å². The molecule has 3 atom stereocenters. The molecule has 43 heavy (non-hydrogen) atoms. The maximum Gasteiger partial charge on any atom is 0.0367 e. The van der Waals surface area contributed by atoms with Crippen LogP contribution in [0.15, 0.2) is 72.8 Å². The van der Waals surface area contributed by atoms with Crippen LogP contribution in [0.5, 0.6) is 0 Å². The van der Waals surface area contributed by atoms with E-state index in [4.69, 9.17) is 5.73 Å². The Hall–Kier alpha value is -2.66. The van der Waals surface area contributed by atoms with Gasteiger partial charge in [-0.1, -0.05) is 74.5 Å². The molecule has 4 N–H and O–H groups in total. The molecule has 2 heterocycles. The zero-order valence-corrected chi connectivity index (χ0v) is 26.9. The minimum absolute atomic E-state index is 0.561. The largest absolute Gasteiger partial charge is 0.369 e. The van der Waals surface area contributed by atoms with E-state index in [0.717, 1.165) is 64.6 Å². The second-order valence-electron chi connectivity index (χ2n) is 13.3. The van der Waals surface area contributed by atoms with Crippen LogP contribution in [-0.4, -0.2) is 45.8 Å². The Bertz CT molecular complexity index is 1190. The molecule has 0 spiro atoms. The Morgan fingerprint density at radius 2 is 1.21 bits per heavy atom. The summed E-state index contributed by atoms with van der Waals surface area (Å²) >= 11 is 0. The van der Waals surface area contributed by atoms with E-state index < -0.39 is 0 Å². The van der Waals surface area contributed by atoms with E-state index in [2.05, 4.69) is 102 Å². The van der Waals surface area contributed by atoms with E-state index in [1.54, 1.807) is 0 Å². The van der Waals surface area contributed by atoms with E-state index in [0.29, 0.717) is 17.8 Å². The van der Waals surface area contributed by atoms with E-state index in [1.807, 2.05) is 0 Å². The second kappa shape index (κ2) is 16.4. The standard InChI is InChI=1S/C39H56N4/c1-30(33-11-7-32(8-12-33)4-3-23-40)5-9-35(37-17-19-39(20-18-37)43-28-26-42-27-29-43)10-6-31(2)34-13-15-36(16-14-34)38-21-24-41-25-22-38/h7-8,11-20,30-31,35,38,41-42H,3-6,9-10,21-29,40H2,1-2H3. The van der Waals surface area contributed by atoms with Crippen LogP contribution >= 0.6 is 0 Å². The molecular formula is C39H56N4. The lowest BCUT2D eigenvalue weighted by molar-refractivity contribution is 0.460. The van der Waals surface area contributed by atoms with Gasteiger partial charge in [-0.3, -0.25) is 0 Å². The van der Waals surface area contributed by atoms with Crippen LogP contribution in [0.2, 0.25) is 0 Å². The highest BCUT2D eigenvalue weighted by Crippen LogP contribution is 2.35. The summed E-state index contributed by atoms with van der Waals surface area (Å²) in [5.74, 6) is 2.44. The summed E-state index contributed by atoms with van der Waals surface area (Å²) < 4.78 is 0. The first kappa shape index (κ1) is 31.8. The van der Waals surface area contributed by atoms with Gasteiger partial charge in [-0.2, -0.15) is 0 Å². The van der Waals surface area contributed by atoms with Crippen LogP contribution in [0.25, 0.3) is 0 Å². The lowest BCUT2D eigenvalue weighted by atomic mass is 9.82. The lowest BCUT2D eigenvalue weighted by Gasteiger charge is -2.30. The summed E-state index contributed by atoms with van der Waals surface area (Å²) in [5.41, 5.74) is 14.5. The highest BCUT2D eigenvalue weighted by atomic mass is 15.2. The molecule has 0 saturated carbocycles.